The van der Waals surface area contributed by atoms with Crippen LogP contribution in [0.5, 0.6) is 0 Å². The van der Waals surface area contributed by atoms with Crippen molar-refractivity contribution in [3.63, 3.8) is 0 Å². The molecule has 1 N–H and O–H groups in total. The first-order valence-electron chi connectivity index (χ1n) is 6.95. The molecule has 0 aromatic carbocycles. The second-order valence-electron chi connectivity index (χ2n) is 6.28. The number of nitrogens with zero attached hydrogens (tertiary/aromatic N) is 2. The number of rotatable bonds is 3. The van der Waals surface area contributed by atoms with Crippen LogP contribution in [0, 0.1) is 28.6 Å². The Bertz CT molecular complexity index is 405. The predicted molar refractivity (Wildman–Crippen MR) is 65.3 cm³/mol. The quantitative estimate of drug-likeness (QED) is 0.818. The average Bonchev–Trinajstić information content (AvgIpc) is 2.99. The molecule has 1 aliphatic heterocycles. The Balaban J connectivity index is 1.76. The van der Waals surface area contributed by atoms with E-state index in [2.05, 4.69) is 6.07 Å². The van der Waals surface area contributed by atoms with Gasteiger partial charge in [0.1, 0.15) is 6.04 Å². The van der Waals surface area contributed by atoms with Crippen molar-refractivity contribution in [2.24, 2.45) is 17.3 Å². The Morgan fingerprint density at radius 1 is 1.56 bits per heavy atom. The summed E-state index contributed by atoms with van der Waals surface area (Å²) in [5, 5.41) is 18.7. The highest BCUT2D eigenvalue weighted by Crippen LogP contribution is 2.52. The number of nitriles is 1. The molecule has 1 saturated heterocycles. The van der Waals surface area contributed by atoms with E-state index in [1.165, 1.54) is 0 Å². The van der Waals surface area contributed by atoms with Gasteiger partial charge in [-0.1, -0.05) is 13.3 Å². The number of carbonyl (C=O) groups excluding carboxylic acids is 1. The number of carbonyl (C=O) groups is 1. The van der Waals surface area contributed by atoms with E-state index in [4.69, 9.17) is 5.26 Å². The van der Waals surface area contributed by atoms with Gasteiger partial charge in [-0.05, 0) is 31.6 Å². The topological polar surface area (TPSA) is 64.3 Å². The largest absolute Gasteiger partial charge is 0.396 e. The van der Waals surface area contributed by atoms with Crippen molar-refractivity contribution < 1.29 is 9.90 Å². The number of piperidine rings is 1. The van der Waals surface area contributed by atoms with E-state index in [0.717, 1.165) is 32.1 Å². The van der Waals surface area contributed by atoms with Crippen LogP contribution < -0.4 is 0 Å². The van der Waals surface area contributed by atoms with Crippen molar-refractivity contribution in [2.45, 2.75) is 51.1 Å². The summed E-state index contributed by atoms with van der Waals surface area (Å²) in [5.74, 6) is 0.518. The van der Waals surface area contributed by atoms with E-state index in [9.17, 15) is 9.90 Å². The highest BCUT2D eigenvalue weighted by molar-refractivity contribution is 5.81. The zero-order valence-electron chi connectivity index (χ0n) is 10.8. The maximum atomic E-state index is 12.6. The van der Waals surface area contributed by atoms with E-state index in [-0.39, 0.29) is 29.9 Å². The molecule has 0 aromatic heterocycles. The van der Waals surface area contributed by atoms with Crippen molar-refractivity contribution in [2.75, 3.05) is 6.61 Å². The molecule has 3 fully saturated rings. The number of likely N-dealkylation sites (tertiary alicyclic amines) is 1. The lowest BCUT2D eigenvalue weighted by Gasteiger charge is -2.45. The van der Waals surface area contributed by atoms with Gasteiger partial charge in [0.05, 0.1) is 6.07 Å². The third-order valence-corrected chi connectivity index (χ3v) is 5.46. The van der Waals surface area contributed by atoms with E-state index in [1.54, 1.807) is 0 Å². The Morgan fingerprint density at radius 2 is 2.28 bits per heavy atom. The number of aliphatic hydroxyl groups excluding tert-OH is 1. The summed E-state index contributed by atoms with van der Waals surface area (Å²) >= 11 is 0. The number of aliphatic hydroxyl groups is 1. The summed E-state index contributed by atoms with van der Waals surface area (Å²) in [5.41, 5.74) is -0.204. The summed E-state index contributed by atoms with van der Waals surface area (Å²) in [7, 11) is 0. The van der Waals surface area contributed by atoms with Gasteiger partial charge in [-0.25, -0.2) is 0 Å². The molecule has 0 aromatic rings. The average molecular weight is 248 g/mol. The van der Waals surface area contributed by atoms with Crippen LogP contribution in [0.3, 0.4) is 0 Å². The molecule has 18 heavy (non-hydrogen) atoms. The van der Waals surface area contributed by atoms with Crippen LogP contribution in [0.15, 0.2) is 0 Å². The van der Waals surface area contributed by atoms with Gasteiger partial charge in [-0.15, -0.1) is 0 Å². The molecule has 3 rings (SSSR count). The van der Waals surface area contributed by atoms with Crippen molar-refractivity contribution in [1.29, 1.82) is 5.26 Å². The van der Waals surface area contributed by atoms with Crippen LogP contribution in [-0.2, 0) is 4.79 Å². The summed E-state index contributed by atoms with van der Waals surface area (Å²) in [6.07, 6.45) is 4.91. The molecule has 1 amide bonds. The van der Waals surface area contributed by atoms with Gasteiger partial charge >= 0.3 is 0 Å². The van der Waals surface area contributed by atoms with Crippen LogP contribution in [0.2, 0.25) is 0 Å². The highest BCUT2D eigenvalue weighted by Gasteiger charge is 2.56. The van der Waals surface area contributed by atoms with Crippen LogP contribution in [0.4, 0.5) is 0 Å². The normalized spacial score (nSPS) is 37.4. The first kappa shape index (κ1) is 12.0. The Morgan fingerprint density at radius 3 is 2.78 bits per heavy atom. The number of hydrogen-bond acceptors (Lipinski definition) is 3. The van der Waals surface area contributed by atoms with Gasteiger partial charge in [-0.2, -0.15) is 5.26 Å². The Kier molecular flexibility index (Phi) is 2.63. The van der Waals surface area contributed by atoms with E-state index < -0.39 is 0 Å². The van der Waals surface area contributed by atoms with Crippen LogP contribution in [0.25, 0.3) is 0 Å². The number of fused-ring (bicyclic) bond motifs is 1. The fourth-order valence-corrected chi connectivity index (χ4v) is 3.73. The molecule has 2 saturated carbocycles. The van der Waals surface area contributed by atoms with Crippen molar-refractivity contribution in [1.82, 2.24) is 4.90 Å². The fraction of sp³-hybridized carbons (Fsp3) is 0.857. The monoisotopic (exact) mass is 248 g/mol. The van der Waals surface area contributed by atoms with Crippen LogP contribution >= 0.6 is 0 Å². The molecule has 4 nitrogen and oxygen atoms in total. The van der Waals surface area contributed by atoms with E-state index in [0.29, 0.717) is 12.0 Å². The maximum Gasteiger partial charge on any atom is 0.227 e. The molecule has 4 atom stereocenters. The standard InChI is InChI=1S/C14H20N2O2/c1-9(14(8-17)3-2-4-14)13(18)16-11(7-15)5-10-6-12(10)16/h9-12,17H,2-6,8H2,1H3/t9-,10?,11+,12+/m1/s1. The molecule has 4 heteroatoms. The summed E-state index contributed by atoms with van der Waals surface area (Å²) in [6, 6.07) is 2.36. The van der Waals surface area contributed by atoms with Gasteiger partial charge in [-0.3, -0.25) is 4.79 Å². The second-order valence-corrected chi connectivity index (χ2v) is 6.28. The molecule has 0 spiro atoms. The van der Waals surface area contributed by atoms with E-state index >= 15 is 0 Å². The van der Waals surface area contributed by atoms with Crippen molar-refractivity contribution >= 4 is 5.91 Å². The lowest BCUT2D eigenvalue weighted by atomic mass is 9.61. The van der Waals surface area contributed by atoms with E-state index in [1.807, 2.05) is 11.8 Å². The Hall–Kier alpha value is -1.08. The molecule has 2 aliphatic carbocycles. The minimum atomic E-state index is -0.223. The minimum absolute atomic E-state index is 0.0963. The number of hydrogen-bond donors (Lipinski definition) is 1. The highest BCUT2D eigenvalue weighted by atomic mass is 16.3. The van der Waals surface area contributed by atoms with Crippen LogP contribution in [0.1, 0.15) is 39.0 Å². The SMILES string of the molecule is C[C@H](C(=O)N1[C@H](C#N)CC2C[C@@H]21)C1(CO)CCC1. The lowest BCUT2D eigenvalue weighted by molar-refractivity contribution is -0.145. The molecular weight excluding hydrogens is 228 g/mol. The zero-order valence-corrected chi connectivity index (χ0v) is 10.8. The number of amides is 1. The van der Waals surface area contributed by atoms with Gasteiger partial charge in [0.2, 0.25) is 5.91 Å². The molecular formula is C14H20N2O2. The molecule has 1 heterocycles. The maximum absolute atomic E-state index is 12.6. The smallest absolute Gasteiger partial charge is 0.227 e. The third-order valence-electron chi connectivity index (χ3n) is 5.46. The van der Waals surface area contributed by atoms with Crippen molar-refractivity contribution in [3.8, 4) is 6.07 Å². The predicted octanol–water partition coefficient (Wildman–Crippen LogP) is 1.30. The zero-order chi connectivity index (χ0) is 12.9. The van der Waals surface area contributed by atoms with Gasteiger partial charge in [0.15, 0.2) is 0 Å². The molecule has 1 unspecified atom stereocenters. The molecule has 0 radical (unpaired) electrons. The van der Waals surface area contributed by atoms with Gasteiger partial charge < -0.3 is 10.0 Å². The van der Waals surface area contributed by atoms with Gasteiger partial charge in [0.25, 0.3) is 0 Å². The lowest BCUT2D eigenvalue weighted by Crippen LogP contribution is -2.50. The molecule has 98 valence electrons. The second kappa shape index (κ2) is 3.96. The minimum Gasteiger partial charge on any atom is -0.396 e. The summed E-state index contributed by atoms with van der Waals surface area (Å²) in [6.45, 7) is 2.03. The van der Waals surface area contributed by atoms with Gasteiger partial charge in [0, 0.05) is 24.0 Å². The summed E-state index contributed by atoms with van der Waals surface area (Å²) < 4.78 is 0. The molecule has 0 bridgehead atoms. The summed E-state index contributed by atoms with van der Waals surface area (Å²) in [4.78, 5) is 14.4. The molecule has 3 aliphatic rings. The first-order valence-corrected chi connectivity index (χ1v) is 6.95. The van der Waals surface area contributed by atoms with Crippen molar-refractivity contribution in [3.05, 3.63) is 0 Å². The Labute approximate surface area is 108 Å². The third kappa shape index (κ3) is 1.50. The van der Waals surface area contributed by atoms with Crippen LogP contribution in [-0.4, -0.2) is 34.6 Å². The first-order chi connectivity index (χ1) is 8.63. The fourth-order valence-electron chi connectivity index (χ4n) is 3.73.